The lowest BCUT2D eigenvalue weighted by atomic mass is 9.99. The summed E-state index contributed by atoms with van der Waals surface area (Å²) in [4.78, 5) is 25.6. The number of carbonyl (C=O) groups excluding carboxylic acids is 1. The van der Waals surface area contributed by atoms with Gasteiger partial charge in [-0.25, -0.2) is 9.59 Å². The highest BCUT2D eigenvalue weighted by molar-refractivity contribution is 5.92. The maximum Gasteiger partial charge on any atom is 0.383 e. The molecular formula is C29H26O11. The molecule has 2 heterocycles. The minimum Gasteiger partial charge on any atom is -0.484 e. The van der Waals surface area contributed by atoms with Crippen LogP contribution in [0.3, 0.4) is 0 Å². The summed E-state index contributed by atoms with van der Waals surface area (Å²) in [6.45, 7) is -0.659. The molecule has 1 fully saturated rings. The molecular weight excluding hydrogens is 524 g/mol. The van der Waals surface area contributed by atoms with Crippen molar-refractivity contribution < 1.29 is 48.6 Å². The topological polar surface area (TPSA) is 165 Å². The SMILES string of the molecule is O=C(Oc1ccc2c(OCc3ccccc3)c(O[C@@H]3O[C@H](CO)[C@@H](O)[C@H](O)[C@H]3O)c(=O)oc2c1)c1ccccc1. The fraction of sp³-hybridized carbons (Fsp3) is 0.241. The summed E-state index contributed by atoms with van der Waals surface area (Å²) in [6, 6.07) is 21.8. The second-order valence-electron chi connectivity index (χ2n) is 9.05. The Bertz CT molecular complexity index is 1520. The summed E-state index contributed by atoms with van der Waals surface area (Å²) in [7, 11) is 0. The molecule has 11 nitrogen and oxygen atoms in total. The summed E-state index contributed by atoms with van der Waals surface area (Å²) in [5, 5.41) is 40.4. The number of ether oxygens (including phenoxy) is 4. The summed E-state index contributed by atoms with van der Waals surface area (Å²) < 4.78 is 27.9. The van der Waals surface area contributed by atoms with Crippen LogP contribution < -0.4 is 19.8 Å². The summed E-state index contributed by atoms with van der Waals surface area (Å²) in [5.74, 6) is -1.03. The smallest absolute Gasteiger partial charge is 0.383 e. The van der Waals surface area contributed by atoms with Crippen LogP contribution in [0.15, 0.2) is 88.1 Å². The fourth-order valence-electron chi connectivity index (χ4n) is 4.20. The average molecular weight is 551 g/mol. The Kier molecular flexibility index (Phi) is 8.10. The molecule has 4 aromatic rings. The van der Waals surface area contributed by atoms with Crippen molar-refractivity contribution in [1.29, 1.82) is 0 Å². The number of rotatable bonds is 8. The zero-order valence-corrected chi connectivity index (χ0v) is 21.0. The second kappa shape index (κ2) is 11.9. The van der Waals surface area contributed by atoms with Gasteiger partial charge >= 0.3 is 11.6 Å². The third-order valence-electron chi connectivity index (χ3n) is 6.32. The van der Waals surface area contributed by atoms with E-state index >= 15 is 0 Å². The van der Waals surface area contributed by atoms with E-state index in [1.807, 2.05) is 30.3 Å². The molecule has 40 heavy (non-hydrogen) atoms. The van der Waals surface area contributed by atoms with Gasteiger partial charge < -0.3 is 43.8 Å². The van der Waals surface area contributed by atoms with Crippen LogP contribution in [0.4, 0.5) is 0 Å². The van der Waals surface area contributed by atoms with E-state index < -0.39 is 54.7 Å². The number of hydrogen-bond acceptors (Lipinski definition) is 11. The molecule has 1 aliphatic rings. The molecule has 3 aromatic carbocycles. The Hall–Kier alpha value is -4.26. The van der Waals surface area contributed by atoms with Gasteiger partial charge in [-0.3, -0.25) is 0 Å². The van der Waals surface area contributed by atoms with Gasteiger partial charge in [-0.2, -0.15) is 0 Å². The summed E-state index contributed by atoms with van der Waals surface area (Å²) >= 11 is 0. The second-order valence-corrected chi connectivity index (χ2v) is 9.05. The van der Waals surface area contributed by atoms with Gasteiger partial charge in [-0.1, -0.05) is 48.5 Å². The zero-order valence-electron chi connectivity index (χ0n) is 21.0. The molecule has 0 amide bonds. The van der Waals surface area contributed by atoms with Crippen molar-refractivity contribution in [3.8, 4) is 17.2 Å². The number of esters is 1. The normalized spacial score (nSPS) is 22.6. The number of aliphatic hydroxyl groups excluding tert-OH is 4. The molecule has 1 aromatic heterocycles. The van der Waals surface area contributed by atoms with E-state index in [0.29, 0.717) is 5.56 Å². The third kappa shape index (κ3) is 5.69. The van der Waals surface area contributed by atoms with Crippen LogP contribution in [0.2, 0.25) is 0 Å². The molecule has 5 rings (SSSR count). The van der Waals surface area contributed by atoms with E-state index in [4.69, 9.17) is 23.4 Å². The number of carbonyl (C=O) groups is 1. The lowest BCUT2D eigenvalue weighted by Crippen LogP contribution is -2.60. The molecule has 0 aliphatic carbocycles. The van der Waals surface area contributed by atoms with Crippen molar-refractivity contribution in [3.63, 3.8) is 0 Å². The van der Waals surface area contributed by atoms with Gasteiger partial charge in [0.05, 0.1) is 17.6 Å². The Morgan fingerprint density at radius 3 is 2.25 bits per heavy atom. The average Bonchev–Trinajstić information content (AvgIpc) is 2.98. The van der Waals surface area contributed by atoms with E-state index in [9.17, 15) is 30.0 Å². The van der Waals surface area contributed by atoms with Gasteiger partial charge in [-0.15, -0.1) is 0 Å². The Morgan fingerprint density at radius 1 is 0.850 bits per heavy atom. The summed E-state index contributed by atoms with van der Waals surface area (Å²) in [5.41, 5.74) is 0.113. The molecule has 1 aliphatic heterocycles. The van der Waals surface area contributed by atoms with Crippen LogP contribution in [0.1, 0.15) is 15.9 Å². The zero-order chi connectivity index (χ0) is 28.2. The van der Waals surface area contributed by atoms with Crippen molar-refractivity contribution in [3.05, 3.63) is 100 Å². The van der Waals surface area contributed by atoms with Gasteiger partial charge in [-0.05, 0) is 29.8 Å². The predicted octanol–water partition coefficient (Wildman–Crippen LogP) is 1.77. The minimum absolute atomic E-state index is 0.0209. The molecule has 4 N–H and O–H groups in total. The van der Waals surface area contributed by atoms with Crippen molar-refractivity contribution in [2.24, 2.45) is 0 Å². The third-order valence-corrected chi connectivity index (χ3v) is 6.32. The van der Waals surface area contributed by atoms with E-state index in [2.05, 4.69) is 0 Å². The maximum absolute atomic E-state index is 13.1. The first-order chi connectivity index (χ1) is 19.4. The molecule has 0 radical (unpaired) electrons. The van der Waals surface area contributed by atoms with Crippen LogP contribution >= 0.6 is 0 Å². The van der Waals surface area contributed by atoms with Crippen LogP contribution in [0.25, 0.3) is 11.0 Å². The summed E-state index contributed by atoms with van der Waals surface area (Å²) in [6.07, 6.45) is -8.01. The number of fused-ring (bicyclic) bond motifs is 1. The Labute approximate surface area is 227 Å². The number of aliphatic hydroxyl groups is 4. The fourth-order valence-corrected chi connectivity index (χ4v) is 4.20. The highest BCUT2D eigenvalue weighted by Crippen LogP contribution is 2.37. The van der Waals surface area contributed by atoms with Gasteiger partial charge in [0.25, 0.3) is 5.75 Å². The molecule has 1 saturated heterocycles. The molecule has 5 atom stereocenters. The van der Waals surface area contributed by atoms with Gasteiger partial charge in [0.2, 0.25) is 6.29 Å². The first-order valence-corrected chi connectivity index (χ1v) is 12.4. The van der Waals surface area contributed by atoms with Crippen molar-refractivity contribution >= 4 is 16.9 Å². The van der Waals surface area contributed by atoms with Gasteiger partial charge in [0.1, 0.15) is 42.4 Å². The highest BCUT2D eigenvalue weighted by atomic mass is 16.7. The van der Waals surface area contributed by atoms with Crippen molar-refractivity contribution in [2.75, 3.05) is 6.61 Å². The van der Waals surface area contributed by atoms with E-state index in [0.717, 1.165) is 5.56 Å². The number of benzene rings is 3. The Balaban J connectivity index is 1.51. The van der Waals surface area contributed by atoms with Crippen molar-refractivity contribution in [2.45, 2.75) is 37.3 Å². The number of hydrogen-bond donors (Lipinski definition) is 4. The van der Waals surface area contributed by atoms with Crippen LogP contribution in [-0.2, 0) is 11.3 Å². The monoisotopic (exact) mass is 550 g/mol. The van der Waals surface area contributed by atoms with E-state index in [-0.39, 0.29) is 29.1 Å². The minimum atomic E-state index is -1.77. The first kappa shape index (κ1) is 27.3. The molecule has 0 bridgehead atoms. The van der Waals surface area contributed by atoms with Gasteiger partial charge in [0.15, 0.2) is 5.75 Å². The molecule has 0 spiro atoms. The van der Waals surface area contributed by atoms with Crippen molar-refractivity contribution in [1.82, 2.24) is 0 Å². The van der Waals surface area contributed by atoms with Gasteiger partial charge in [0, 0.05) is 6.07 Å². The van der Waals surface area contributed by atoms with E-state index in [1.165, 1.54) is 18.2 Å². The van der Waals surface area contributed by atoms with Crippen LogP contribution in [-0.4, -0.2) is 63.7 Å². The largest absolute Gasteiger partial charge is 0.484 e. The Morgan fingerprint density at radius 2 is 1.55 bits per heavy atom. The van der Waals surface area contributed by atoms with Crippen LogP contribution in [0, 0.1) is 0 Å². The molecule has 11 heteroatoms. The molecule has 0 unspecified atom stereocenters. The molecule has 208 valence electrons. The molecule has 0 saturated carbocycles. The highest BCUT2D eigenvalue weighted by Gasteiger charge is 2.45. The standard InChI is InChI=1S/C29H26O11/c30-14-21-22(31)23(32)24(33)29(39-21)40-26-25(36-15-16-7-3-1-4-8-16)19-12-11-18(13-20(19)38-28(26)35)37-27(34)17-9-5-2-6-10-17/h1-13,21-24,29-33H,14-15H2/t21-,22-,23+,24-,29+/m1/s1. The first-order valence-electron chi connectivity index (χ1n) is 12.4. The lowest BCUT2D eigenvalue weighted by Gasteiger charge is -2.39. The van der Waals surface area contributed by atoms with E-state index in [1.54, 1.807) is 30.3 Å². The lowest BCUT2D eigenvalue weighted by molar-refractivity contribution is -0.278. The quantitative estimate of drug-likeness (QED) is 0.144. The van der Waals surface area contributed by atoms with Crippen LogP contribution in [0.5, 0.6) is 17.2 Å². The predicted molar refractivity (Wildman–Crippen MR) is 139 cm³/mol. The maximum atomic E-state index is 13.1.